The number of imidazole rings is 1. The van der Waals surface area contributed by atoms with Crippen LogP contribution in [0.3, 0.4) is 0 Å². The fourth-order valence-corrected chi connectivity index (χ4v) is 0.915. The van der Waals surface area contributed by atoms with E-state index in [9.17, 15) is 4.79 Å². The summed E-state index contributed by atoms with van der Waals surface area (Å²) >= 11 is 0. The number of hydrogen-bond donors (Lipinski definition) is 2. The second-order valence-electron chi connectivity index (χ2n) is 4.30. The third-order valence-corrected chi connectivity index (χ3v) is 1.89. The molecule has 0 aliphatic rings. The van der Waals surface area contributed by atoms with Crippen molar-refractivity contribution in [1.82, 2.24) is 9.97 Å². The Kier molecular flexibility index (Phi) is 2.93. The number of anilines is 1. The van der Waals surface area contributed by atoms with Gasteiger partial charge in [-0.05, 0) is 0 Å². The molecule has 14 heavy (non-hydrogen) atoms. The second-order valence-corrected chi connectivity index (χ2v) is 4.30. The lowest BCUT2D eigenvalue weighted by molar-refractivity contribution is -0.123. The van der Waals surface area contributed by atoms with Crippen LogP contribution in [0.1, 0.15) is 33.5 Å². The minimum Gasteiger partial charge on any atom is -0.329 e. The summed E-state index contributed by atoms with van der Waals surface area (Å²) in [6.07, 6.45) is 2.48. The number of nitrogens with one attached hydrogen (secondary N) is 2. The molecule has 0 saturated heterocycles. The molecule has 0 aromatic carbocycles. The van der Waals surface area contributed by atoms with Crippen molar-refractivity contribution in [1.29, 1.82) is 0 Å². The normalized spacial score (nSPS) is 11.4. The first kappa shape index (κ1) is 10.8. The highest BCUT2D eigenvalue weighted by Gasteiger charge is 2.21. The predicted molar refractivity (Wildman–Crippen MR) is 56.1 cm³/mol. The highest BCUT2D eigenvalue weighted by molar-refractivity contribution is 5.93. The van der Waals surface area contributed by atoms with Crippen LogP contribution in [0.2, 0.25) is 0 Å². The first-order chi connectivity index (χ1) is 6.43. The molecule has 0 unspecified atom stereocenters. The standard InChI is InChI=1S/C10H17N3O/c1-5-7-11-6-8(12-7)13-9(14)10(2,3)4/h6H,5H2,1-4H3,(H,11,12)(H,13,14). The predicted octanol–water partition coefficient (Wildman–Crippen LogP) is 1.96. The fraction of sp³-hybridized carbons (Fsp3) is 0.600. The van der Waals surface area contributed by atoms with Gasteiger partial charge in [0.1, 0.15) is 11.6 Å². The molecule has 4 heteroatoms. The molecule has 0 spiro atoms. The van der Waals surface area contributed by atoms with Crippen molar-refractivity contribution in [2.24, 2.45) is 5.41 Å². The molecular weight excluding hydrogens is 178 g/mol. The van der Waals surface area contributed by atoms with Crippen molar-refractivity contribution in [2.75, 3.05) is 5.32 Å². The lowest BCUT2D eigenvalue weighted by atomic mass is 9.96. The van der Waals surface area contributed by atoms with E-state index >= 15 is 0 Å². The van der Waals surface area contributed by atoms with Gasteiger partial charge in [-0.2, -0.15) is 0 Å². The van der Waals surface area contributed by atoms with Crippen LogP contribution in [-0.4, -0.2) is 15.9 Å². The smallest absolute Gasteiger partial charge is 0.230 e. The van der Waals surface area contributed by atoms with E-state index in [4.69, 9.17) is 0 Å². The molecule has 4 nitrogen and oxygen atoms in total. The molecule has 0 atom stereocenters. The number of carbonyl (C=O) groups is 1. The number of amides is 1. The molecule has 0 radical (unpaired) electrons. The van der Waals surface area contributed by atoms with E-state index in [2.05, 4.69) is 15.3 Å². The van der Waals surface area contributed by atoms with Gasteiger partial charge in [-0.3, -0.25) is 4.79 Å². The molecule has 0 fully saturated rings. The summed E-state index contributed by atoms with van der Waals surface area (Å²) in [5, 5.41) is 2.78. The Morgan fingerprint density at radius 1 is 1.57 bits per heavy atom. The third-order valence-electron chi connectivity index (χ3n) is 1.89. The van der Waals surface area contributed by atoms with Crippen molar-refractivity contribution < 1.29 is 4.79 Å². The van der Waals surface area contributed by atoms with Gasteiger partial charge in [0.2, 0.25) is 5.91 Å². The summed E-state index contributed by atoms with van der Waals surface area (Å²) in [5.41, 5.74) is -0.377. The molecule has 78 valence electrons. The van der Waals surface area contributed by atoms with Crippen molar-refractivity contribution in [2.45, 2.75) is 34.1 Å². The van der Waals surface area contributed by atoms with E-state index in [1.54, 1.807) is 6.20 Å². The molecule has 2 N–H and O–H groups in total. The van der Waals surface area contributed by atoms with Crippen LogP contribution in [0, 0.1) is 5.41 Å². The Bertz CT molecular complexity index is 322. The van der Waals surface area contributed by atoms with Crippen LogP contribution < -0.4 is 5.32 Å². The topological polar surface area (TPSA) is 57.8 Å². The molecule has 0 aliphatic heterocycles. The summed E-state index contributed by atoms with van der Waals surface area (Å²) in [5.74, 6) is 1.54. The molecular formula is C10H17N3O. The van der Waals surface area contributed by atoms with Crippen LogP contribution in [0.5, 0.6) is 0 Å². The average Bonchev–Trinajstić information content (AvgIpc) is 2.50. The van der Waals surface area contributed by atoms with E-state index < -0.39 is 0 Å². The minimum absolute atomic E-state index is 0.0104. The number of hydrogen-bond acceptors (Lipinski definition) is 2. The highest BCUT2D eigenvalue weighted by Crippen LogP contribution is 2.16. The van der Waals surface area contributed by atoms with Gasteiger partial charge < -0.3 is 10.3 Å². The van der Waals surface area contributed by atoms with E-state index in [1.165, 1.54) is 0 Å². The van der Waals surface area contributed by atoms with Crippen molar-refractivity contribution in [3.8, 4) is 0 Å². The molecule has 1 rings (SSSR count). The van der Waals surface area contributed by atoms with E-state index in [-0.39, 0.29) is 11.3 Å². The maximum absolute atomic E-state index is 11.6. The Balaban J connectivity index is 2.65. The van der Waals surface area contributed by atoms with Gasteiger partial charge >= 0.3 is 0 Å². The number of aromatic nitrogens is 2. The van der Waals surface area contributed by atoms with Crippen LogP contribution in [-0.2, 0) is 11.2 Å². The number of aromatic amines is 1. The van der Waals surface area contributed by atoms with E-state index in [0.29, 0.717) is 5.82 Å². The number of carbonyl (C=O) groups excluding carboxylic acids is 1. The van der Waals surface area contributed by atoms with Gasteiger partial charge in [0, 0.05) is 11.8 Å². The molecule has 0 aliphatic carbocycles. The minimum atomic E-state index is -0.377. The average molecular weight is 195 g/mol. The zero-order chi connectivity index (χ0) is 10.8. The number of nitrogens with zero attached hydrogens (tertiary/aromatic N) is 1. The van der Waals surface area contributed by atoms with Crippen molar-refractivity contribution in [3.05, 3.63) is 12.0 Å². The molecule has 0 bridgehead atoms. The maximum Gasteiger partial charge on any atom is 0.230 e. The van der Waals surface area contributed by atoms with E-state index in [0.717, 1.165) is 12.2 Å². The van der Waals surface area contributed by atoms with Crippen LogP contribution >= 0.6 is 0 Å². The summed E-state index contributed by atoms with van der Waals surface area (Å²) in [4.78, 5) is 18.7. The van der Waals surface area contributed by atoms with Gasteiger partial charge in [0.15, 0.2) is 0 Å². The Morgan fingerprint density at radius 3 is 2.64 bits per heavy atom. The van der Waals surface area contributed by atoms with Crippen molar-refractivity contribution >= 4 is 11.7 Å². The van der Waals surface area contributed by atoms with Crippen molar-refractivity contribution in [3.63, 3.8) is 0 Å². The Hall–Kier alpha value is -1.32. The highest BCUT2D eigenvalue weighted by atomic mass is 16.2. The van der Waals surface area contributed by atoms with Gasteiger partial charge in [-0.1, -0.05) is 27.7 Å². The monoisotopic (exact) mass is 195 g/mol. The number of H-pyrrole nitrogens is 1. The Morgan fingerprint density at radius 2 is 2.21 bits per heavy atom. The lowest BCUT2D eigenvalue weighted by Crippen LogP contribution is -2.27. The fourth-order valence-electron chi connectivity index (χ4n) is 0.915. The number of rotatable bonds is 2. The lowest BCUT2D eigenvalue weighted by Gasteiger charge is -2.16. The quantitative estimate of drug-likeness (QED) is 0.757. The third kappa shape index (κ3) is 2.58. The second kappa shape index (κ2) is 3.82. The zero-order valence-electron chi connectivity index (χ0n) is 9.14. The van der Waals surface area contributed by atoms with Gasteiger partial charge in [-0.25, -0.2) is 4.98 Å². The van der Waals surface area contributed by atoms with E-state index in [1.807, 2.05) is 27.7 Å². The van der Waals surface area contributed by atoms with Crippen LogP contribution in [0.15, 0.2) is 6.20 Å². The maximum atomic E-state index is 11.6. The van der Waals surface area contributed by atoms with Gasteiger partial charge in [-0.15, -0.1) is 0 Å². The summed E-state index contributed by atoms with van der Waals surface area (Å²) in [6, 6.07) is 0. The molecule has 0 saturated carbocycles. The summed E-state index contributed by atoms with van der Waals surface area (Å²) in [6.45, 7) is 7.63. The number of aryl methyl sites for hydroxylation is 1. The first-order valence-electron chi connectivity index (χ1n) is 4.79. The molecule has 1 aromatic rings. The summed E-state index contributed by atoms with van der Waals surface area (Å²) in [7, 11) is 0. The van der Waals surface area contributed by atoms with Crippen LogP contribution in [0.4, 0.5) is 5.82 Å². The molecule has 1 heterocycles. The summed E-state index contributed by atoms with van der Waals surface area (Å²) < 4.78 is 0. The largest absolute Gasteiger partial charge is 0.329 e. The first-order valence-corrected chi connectivity index (χ1v) is 4.79. The molecule has 1 amide bonds. The molecule has 1 aromatic heterocycles. The SMILES string of the molecule is CCc1ncc(NC(=O)C(C)(C)C)[nH]1. The Labute approximate surface area is 84.1 Å². The van der Waals surface area contributed by atoms with Crippen LogP contribution in [0.25, 0.3) is 0 Å². The van der Waals surface area contributed by atoms with Gasteiger partial charge in [0.05, 0.1) is 6.20 Å². The zero-order valence-corrected chi connectivity index (χ0v) is 9.14. The van der Waals surface area contributed by atoms with Gasteiger partial charge in [0.25, 0.3) is 0 Å².